The van der Waals surface area contributed by atoms with Gasteiger partial charge in [-0.2, -0.15) is 0 Å². The first-order valence-electron chi connectivity index (χ1n) is 13.5. The fourth-order valence-corrected chi connectivity index (χ4v) is 5.80. The molecule has 0 aliphatic carbocycles. The zero-order valence-electron chi connectivity index (χ0n) is 22.4. The number of morpholine rings is 1. The summed E-state index contributed by atoms with van der Waals surface area (Å²) >= 11 is 7.96. The van der Waals surface area contributed by atoms with E-state index in [2.05, 4.69) is 32.4 Å². The second kappa shape index (κ2) is 12.9. The minimum Gasteiger partial charge on any atom is -0.487 e. The van der Waals surface area contributed by atoms with E-state index in [0.29, 0.717) is 61.4 Å². The molecule has 2 N–H and O–H groups in total. The van der Waals surface area contributed by atoms with Crippen LogP contribution in [0.4, 0.5) is 20.7 Å². The molecule has 42 heavy (non-hydrogen) atoms. The van der Waals surface area contributed by atoms with Crippen molar-refractivity contribution in [1.82, 2.24) is 20.2 Å². The zero-order valence-corrected chi connectivity index (χ0v) is 24.0. The summed E-state index contributed by atoms with van der Waals surface area (Å²) in [4.78, 5) is 23.7. The molecule has 216 valence electrons. The number of carbonyl (C=O) groups is 1. The number of hydrogen-bond donors (Lipinski definition) is 2. The highest BCUT2D eigenvalue weighted by atomic mass is 35.5. The molecule has 9 nitrogen and oxygen atoms in total. The Labute approximate surface area is 251 Å². The Bertz CT molecular complexity index is 1650. The number of nitrogens with one attached hydrogen (secondary N) is 2. The molecule has 0 spiro atoms. The average Bonchev–Trinajstić information content (AvgIpc) is 3.63. The second-order valence-electron chi connectivity index (χ2n) is 9.81. The molecule has 2 aromatic heterocycles. The van der Waals surface area contributed by atoms with Crippen LogP contribution >= 0.6 is 22.9 Å². The molecule has 4 heterocycles. The van der Waals surface area contributed by atoms with E-state index in [4.69, 9.17) is 25.8 Å². The van der Waals surface area contributed by atoms with Gasteiger partial charge in [0.05, 0.1) is 39.4 Å². The van der Waals surface area contributed by atoms with Crippen molar-refractivity contribution in [2.45, 2.75) is 25.2 Å². The van der Waals surface area contributed by atoms with Crippen LogP contribution in [0, 0.1) is 17.7 Å². The van der Waals surface area contributed by atoms with Crippen molar-refractivity contribution in [1.29, 1.82) is 0 Å². The van der Waals surface area contributed by atoms with E-state index in [-0.39, 0.29) is 30.7 Å². The van der Waals surface area contributed by atoms with E-state index in [0.717, 1.165) is 20.8 Å². The van der Waals surface area contributed by atoms with Gasteiger partial charge >= 0.3 is 6.09 Å². The summed E-state index contributed by atoms with van der Waals surface area (Å²) in [6.07, 6.45) is 1.62. The monoisotopic (exact) mass is 607 g/mol. The fourth-order valence-electron chi connectivity index (χ4n) is 4.65. The summed E-state index contributed by atoms with van der Waals surface area (Å²) in [6.45, 7) is 2.96. The van der Waals surface area contributed by atoms with Gasteiger partial charge in [-0.25, -0.2) is 19.2 Å². The number of nitrogens with zero attached hydrogens (tertiary/aromatic N) is 3. The van der Waals surface area contributed by atoms with Crippen molar-refractivity contribution in [3.05, 3.63) is 76.1 Å². The molecule has 2 aliphatic rings. The SMILES string of the molecule is O=C(O[C@@H]1CN[C@H](C#Cc2cc3ncnc(Nc4ccc(OCc5cccc(F)c5)c(Cl)c4)c3s2)C1)N1CCOCC1. The van der Waals surface area contributed by atoms with Crippen LogP contribution in [0.3, 0.4) is 0 Å². The van der Waals surface area contributed by atoms with Crippen molar-refractivity contribution in [2.75, 3.05) is 38.2 Å². The number of thiophene rings is 1. The molecule has 0 unspecified atom stereocenters. The maximum absolute atomic E-state index is 13.4. The maximum Gasteiger partial charge on any atom is 0.410 e. The number of halogens is 2. The lowest BCUT2D eigenvalue weighted by Gasteiger charge is -2.27. The molecule has 2 aliphatic heterocycles. The Morgan fingerprint density at radius 2 is 2.10 bits per heavy atom. The van der Waals surface area contributed by atoms with Crippen molar-refractivity contribution in [2.24, 2.45) is 0 Å². The van der Waals surface area contributed by atoms with Gasteiger partial charge in [-0.3, -0.25) is 5.32 Å². The first kappa shape index (κ1) is 28.2. The van der Waals surface area contributed by atoms with Crippen molar-refractivity contribution in [3.8, 4) is 17.6 Å². The van der Waals surface area contributed by atoms with E-state index in [9.17, 15) is 9.18 Å². The third kappa shape index (κ3) is 6.91. The van der Waals surface area contributed by atoms with Crippen LogP contribution in [0.5, 0.6) is 5.75 Å². The molecule has 2 atom stereocenters. The molecular formula is C30H27ClFN5O4S. The second-order valence-corrected chi connectivity index (χ2v) is 11.3. The van der Waals surface area contributed by atoms with Crippen molar-refractivity contribution >= 4 is 50.8 Å². The van der Waals surface area contributed by atoms with Gasteiger partial charge in [0.1, 0.15) is 30.6 Å². The van der Waals surface area contributed by atoms with Crippen LogP contribution in [0.25, 0.3) is 10.2 Å². The lowest BCUT2D eigenvalue weighted by molar-refractivity contribution is 0.0156. The van der Waals surface area contributed by atoms with Gasteiger partial charge in [-0.05, 0) is 42.0 Å². The molecule has 4 aromatic rings. The molecule has 0 radical (unpaired) electrons. The smallest absolute Gasteiger partial charge is 0.410 e. The van der Waals surface area contributed by atoms with E-state index >= 15 is 0 Å². The predicted molar refractivity (Wildman–Crippen MR) is 159 cm³/mol. The predicted octanol–water partition coefficient (Wildman–Crippen LogP) is 5.36. The maximum atomic E-state index is 13.4. The van der Waals surface area contributed by atoms with Gasteiger partial charge in [0.15, 0.2) is 5.82 Å². The summed E-state index contributed by atoms with van der Waals surface area (Å²) in [7, 11) is 0. The molecule has 2 saturated heterocycles. The summed E-state index contributed by atoms with van der Waals surface area (Å²) in [6, 6.07) is 13.4. The molecule has 0 bridgehead atoms. The number of carbonyl (C=O) groups excluding carboxylic acids is 1. The molecule has 12 heteroatoms. The highest BCUT2D eigenvalue weighted by molar-refractivity contribution is 7.20. The molecule has 0 saturated carbocycles. The van der Waals surface area contributed by atoms with E-state index in [1.807, 2.05) is 12.1 Å². The lowest BCUT2D eigenvalue weighted by Crippen LogP contribution is -2.42. The van der Waals surface area contributed by atoms with E-state index in [1.54, 1.807) is 29.2 Å². The minimum atomic E-state index is -0.313. The van der Waals surface area contributed by atoms with E-state index in [1.165, 1.54) is 29.8 Å². The number of benzene rings is 2. The molecular weight excluding hydrogens is 581 g/mol. The molecule has 6 rings (SSSR count). The summed E-state index contributed by atoms with van der Waals surface area (Å²) in [5, 5.41) is 7.05. The Morgan fingerprint density at radius 1 is 1.21 bits per heavy atom. The van der Waals surface area contributed by atoms with Crippen LogP contribution in [-0.2, 0) is 16.1 Å². The zero-order chi connectivity index (χ0) is 28.9. The largest absolute Gasteiger partial charge is 0.487 e. The van der Waals surface area contributed by atoms with Gasteiger partial charge in [0.2, 0.25) is 0 Å². The van der Waals surface area contributed by atoms with Gasteiger partial charge in [0, 0.05) is 31.7 Å². The first-order valence-corrected chi connectivity index (χ1v) is 14.7. The summed E-state index contributed by atoms with van der Waals surface area (Å²) < 4.78 is 31.0. The topological polar surface area (TPSA) is 97.8 Å². The van der Waals surface area contributed by atoms with Crippen LogP contribution in [-0.4, -0.2) is 66.0 Å². The summed E-state index contributed by atoms with van der Waals surface area (Å²) in [5.41, 5.74) is 2.22. The van der Waals surface area contributed by atoms with E-state index < -0.39 is 0 Å². The van der Waals surface area contributed by atoms with Crippen molar-refractivity contribution < 1.29 is 23.4 Å². The number of fused-ring (bicyclic) bond motifs is 1. The van der Waals surface area contributed by atoms with Gasteiger partial charge < -0.3 is 24.4 Å². The third-order valence-electron chi connectivity index (χ3n) is 6.79. The van der Waals surface area contributed by atoms with Crippen LogP contribution < -0.4 is 15.4 Å². The van der Waals surface area contributed by atoms with Gasteiger partial charge in [-0.15, -0.1) is 11.3 Å². The normalized spacial score (nSPS) is 18.4. The Balaban J connectivity index is 1.07. The fraction of sp³-hybridized carbons (Fsp3) is 0.300. The number of amides is 1. The number of rotatable bonds is 6. The highest BCUT2D eigenvalue weighted by Gasteiger charge is 2.28. The third-order valence-corrected chi connectivity index (χ3v) is 8.13. The summed E-state index contributed by atoms with van der Waals surface area (Å²) in [5.74, 6) is 7.30. The quantitative estimate of drug-likeness (QED) is 0.283. The Morgan fingerprint density at radius 3 is 2.93 bits per heavy atom. The first-order chi connectivity index (χ1) is 20.5. The molecule has 1 amide bonds. The number of hydrogen-bond acceptors (Lipinski definition) is 9. The van der Waals surface area contributed by atoms with Crippen molar-refractivity contribution in [3.63, 3.8) is 0 Å². The minimum absolute atomic E-state index is 0.0785. The lowest BCUT2D eigenvalue weighted by atomic mass is 10.2. The Hall–Kier alpha value is -3.95. The van der Waals surface area contributed by atoms with Gasteiger partial charge in [-0.1, -0.05) is 35.6 Å². The average molecular weight is 608 g/mol. The number of ether oxygens (including phenoxy) is 3. The molecule has 2 aromatic carbocycles. The standard InChI is InChI=1S/C30H27ClFN5O4S/c31-25-14-22(5-7-27(25)40-17-19-2-1-3-20(32)12-19)36-29-28-26(34-18-35-29)15-24(42-28)6-4-21-13-23(16-33-21)41-30(38)37-8-10-39-11-9-37/h1-3,5,7,12,14-15,18,21,23,33H,8-11,13,16-17H2,(H,34,35,36)/t21-,23+/m1/s1. The van der Waals surface area contributed by atoms with Crippen LogP contribution in [0.2, 0.25) is 5.02 Å². The number of aromatic nitrogens is 2. The number of anilines is 2. The van der Waals surface area contributed by atoms with Gasteiger partial charge in [0.25, 0.3) is 0 Å². The highest BCUT2D eigenvalue weighted by Crippen LogP contribution is 2.33. The molecule has 2 fully saturated rings. The Kier molecular flexibility index (Phi) is 8.67. The van der Waals surface area contributed by atoms with Crippen LogP contribution in [0.1, 0.15) is 16.9 Å². The van der Waals surface area contributed by atoms with Crippen LogP contribution in [0.15, 0.2) is 54.9 Å².